The number of unbranched alkanes of at least 4 members (excludes halogenated alkanes) is 1. The van der Waals surface area contributed by atoms with E-state index in [2.05, 4.69) is 13.5 Å². The van der Waals surface area contributed by atoms with Gasteiger partial charge in [0.2, 0.25) is 0 Å². The quantitative estimate of drug-likeness (QED) is 0.439. The summed E-state index contributed by atoms with van der Waals surface area (Å²) in [5.41, 5.74) is 0. The van der Waals surface area contributed by atoms with Gasteiger partial charge in [-0.2, -0.15) is 0 Å². The number of aliphatic hydroxyl groups is 1. The van der Waals surface area contributed by atoms with Crippen molar-refractivity contribution in [3.63, 3.8) is 0 Å². The molecule has 1 heteroatoms. The Labute approximate surface area is 50.3 Å². The topological polar surface area (TPSA) is 20.2 Å². The second-order valence-electron chi connectivity index (χ2n) is 1.62. The van der Waals surface area contributed by atoms with E-state index in [1.807, 2.05) is 0 Å². The van der Waals surface area contributed by atoms with Crippen LogP contribution in [0.25, 0.3) is 0 Å². The Morgan fingerprint density at radius 1 is 1.75 bits per heavy atom. The average molecular weight is 112 g/mol. The van der Waals surface area contributed by atoms with E-state index in [9.17, 15) is 0 Å². The van der Waals surface area contributed by atoms with E-state index < -0.39 is 0 Å². The van der Waals surface area contributed by atoms with E-state index >= 15 is 0 Å². The van der Waals surface area contributed by atoms with Gasteiger partial charge in [-0.15, -0.1) is 0 Å². The third-order valence-corrected chi connectivity index (χ3v) is 0.851. The lowest BCUT2D eigenvalue weighted by Gasteiger charge is -1.86. The first kappa shape index (κ1) is 7.28. The Morgan fingerprint density at radius 3 is 2.75 bits per heavy atom. The lowest BCUT2D eigenvalue weighted by atomic mass is 10.3. The van der Waals surface area contributed by atoms with Crippen LogP contribution in [0, 0.1) is 0 Å². The normalized spacial score (nSPS) is 11.4. The SMILES string of the molecule is C=C/C(O)=C/CCC. The predicted molar refractivity (Wildman–Crippen MR) is 35.8 cm³/mol. The highest BCUT2D eigenvalue weighted by atomic mass is 16.3. The molecule has 0 radical (unpaired) electrons. The number of hydrogen-bond acceptors (Lipinski definition) is 1. The van der Waals surface area contributed by atoms with Crippen molar-refractivity contribution in [3.05, 3.63) is 24.5 Å². The summed E-state index contributed by atoms with van der Waals surface area (Å²) < 4.78 is 0. The summed E-state index contributed by atoms with van der Waals surface area (Å²) in [7, 11) is 0. The van der Waals surface area contributed by atoms with Crippen LogP contribution in [-0.4, -0.2) is 5.11 Å². The van der Waals surface area contributed by atoms with E-state index in [1.165, 1.54) is 6.08 Å². The first-order chi connectivity index (χ1) is 3.81. The summed E-state index contributed by atoms with van der Waals surface area (Å²) in [4.78, 5) is 0. The van der Waals surface area contributed by atoms with E-state index in [1.54, 1.807) is 6.08 Å². The highest BCUT2D eigenvalue weighted by Gasteiger charge is 1.78. The van der Waals surface area contributed by atoms with Gasteiger partial charge in [-0.05, 0) is 18.6 Å². The van der Waals surface area contributed by atoms with Crippen LogP contribution in [0.1, 0.15) is 19.8 Å². The molecule has 0 aliphatic heterocycles. The molecular formula is C7H12O. The lowest BCUT2D eigenvalue weighted by molar-refractivity contribution is 0.429. The fourth-order valence-corrected chi connectivity index (χ4v) is 0.376. The maximum atomic E-state index is 8.73. The Balaban J connectivity index is 3.40. The Morgan fingerprint density at radius 2 is 2.38 bits per heavy atom. The van der Waals surface area contributed by atoms with Gasteiger partial charge in [0.25, 0.3) is 0 Å². The molecule has 0 bridgehead atoms. The number of allylic oxidation sites excluding steroid dienone is 2. The number of rotatable bonds is 3. The van der Waals surface area contributed by atoms with Crippen LogP contribution in [0.5, 0.6) is 0 Å². The summed E-state index contributed by atoms with van der Waals surface area (Å²) in [6.45, 7) is 5.46. The van der Waals surface area contributed by atoms with Crippen molar-refractivity contribution in [3.8, 4) is 0 Å². The molecule has 0 aromatic heterocycles. The lowest BCUT2D eigenvalue weighted by Crippen LogP contribution is -1.71. The van der Waals surface area contributed by atoms with Gasteiger partial charge in [0.15, 0.2) is 0 Å². The maximum Gasteiger partial charge on any atom is 0.111 e. The molecule has 46 valence electrons. The van der Waals surface area contributed by atoms with Gasteiger partial charge in [-0.1, -0.05) is 19.9 Å². The summed E-state index contributed by atoms with van der Waals surface area (Å²) in [6.07, 6.45) is 5.19. The predicted octanol–water partition coefficient (Wildman–Crippen LogP) is 2.41. The summed E-state index contributed by atoms with van der Waals surface area (Å²) in [6, 6.07) is 0. The third kappa shape index (κ3) is 3.47. The van der Waals surface area contributed by atoms with E-state index in [-0.39, 0.29) is 5.76 Å². The summed E-state index contributed by atoms with van der Waals surface area (Å²) >= 11 is 0. The van der Waals surface area contributed by atoms with Crippen LogP contribution in [0.4, 0.5) is 0 Å². The molecule has 0 aromatic carbocycles. The second-order valence-corrected chi connectivity index (χ2v) is 1.62. The standard InChI is InChI=1S/C7H12O/c1-3-5-6-7(8)4-2/h4,6,8H,2-3,5H2,1H3/b7-6-. The summed E-state index contributed by atoms with van der Waals surface area (Å²) in [5, 5.41) is 8.73. The molecule has 0 atom stereocenters. The molecule has 0 aliphatic rings. The fourth-order valence-electron chi connectivity index (χ4n) is 0.376. The highest BCUT2D eigenvalue weighted by Crippen LogP contribution is 1.94. The van der Waals surface area contributed by atoms with Crippen LogP contribution >= 0.6 is 0 Å². The Bertz CT molecular complexity index is 92.6. The van der Waals surface area contributed by atoms with Crippen molar-refractivity contribution in [2.24, 2.45) is 0 Å². The molecule has 1 nitrogen and oxygen atoms in total. The molecule has 0 unspecified atom stereocenters. The van der Waals surface area contributed by atoms with Gasteiger partial charge in [0.05, 0.1) is 0 Å². The first-order valence-corrected chi connectivity index (χ1v) is 2.82. The Kier molecular flexibility index (Phi) is 4.04. The van der Waals surface area contributed by atoms with Gasteiger partial charge in [-0.25, -0.2) is 0 Å². The number of hydrogen-bond donors (Lipinski definition) is 1. The van der Waals surface area contributed by atoms with Gasteiger partial charge in [0, 0.05) is 0 Å². The molecule has 0 amide bonds. The molecular weight excluding hydrogens is 100 g/mol. The molecule has 0 saturated heterocycles. The van der Waals surface area contributed by atoms with Gasteiger partial charge in [-0.3, -0.25) is 0 Å². The average Bonchev–Trinajstić information content (AvgIpc) is 1.83. The zero-order valence-corrected chi connectivity index (χ0v) is 5.22. The molecule has 0 heterocycles. The van der Waals surface area contributed by atoms with Crippen LogP contribution in [0.2, 0.25) is 0 Å². The van der Waals surface area contributed by atoms with Gasteiger partial charge < -0.3 is 5.11 Å². The molecule has 0 aromatic rings. The third-order valence-electron chi connectivity index (χ3n) is 0.851. The van der Waals surface area contributed by atoms with Gasteiger partial charge >= 0.3 is 0 Å². The highest BCUT2D eigenvalue weighted by molar-refractivity contribution is 5.05. The van der Waals surface area contributed by atoms with Crippen LogP contribution in [0.3, 0.4) is 0 Å². The van der Waals surface area contributed by atoms with Gasteiger partial charge in [0.1, 0.15) is 5.76 Å². The molecule has 8 heavy (non-hydrogen) atoms. The van der Waals surface area contributed by atoms with E-state index in [4.69, 9.17) is 5.11 Å². The molecule has 0 saturated carbocycles. The largest absolute Gasteiger partial charge is 0.508 e. The minimum absolute atomic E-state index is 0.284. The zero-order valence-electron chi connectivity index (χ0n) is 5.22. The smallest absolute Gasteiger partial charge is 0.111 e. The van der Waals surface area contributed by atoms with Crippen molar-refractivity contribution >= 4 is 0 Å². The van der Waals surface area contributed by atoms with Crippen LogP contribution in [-0.2, 0) is 0 Å². The minimum atomic E-state index is 0.284. The molecule has 1 N–H and O–H groups in total. The second kappa shape index (κ2) is 4.44. The van der Waals surface area contributed by atoms with Crippen LogP contribution < -0.4 is 0 Å². The van der Waals surface area contributed by atoms with Crippen molar-refractivity contribution < 1.29 is 5.11 Å². The van der Waals surface area contributed by atoms with Crippen LogP contribution in [0.15, 0.2) is 24.5 Å². The van der Waals surface area contributed by atoms with E-state index in [0.717, 1.165) is 12.8 Å². The molecule has 0 rings (SSSR count). The monoisotopic (exact) mass is 112 g/mol. The molecule has 0 aliphatic carbocycles. The Hall–Kier alpha value is -0.720. The van der Waals surface area contributed by atoms with E-state index in [0.29, 0.717) is 0 Å². The van der Waals surface area contributed by atoms with Crippen molar-refractivity contribution in [2.45, 2.75) is 19.8 Å². The zero-order chi connectivity index (χ0) is 6.41. The molecule has 0 fully saturated rings. The maximum absolute atomic E-state index is 8.73. The number of aliphatic hydroxyl groups excluding tert-OH is 1. The van der Waals surface area contributed by atoms with Crippen molar-refractivity contribution in [1.82, 2.24) is 0 Å². The fraction of sp³-hybridized carbons (Fsp3) is 0.429. The van der Waals surface area contributed by atoms with Crippen molar-refractivity contribution in [2.75, 3.05) is 0 Å². The van der Waals surface area contributed by atoms with Crippen molar-refractivity contribution in [1.29, 1.82) is 0 Å². The first-order valence-electron chi connectivity index (χ1n) is 2.82. The summed E-state index contributed by atoms with van der Waals surface area (Å²) in [5.74, 6) is 0.284. The minimum Gasteiger partial charge on any atom is -0.508 e. The molecule has 0 spiro atoms.